The Labute approximate surface area is 214 Å². The Balaban J connectivity index is 1.19. The van der Waals surface area contributed by atoms with Gasteiger partial charge in [-0.25, -0.2) is 0 Å². The molecule has 182 valence electrons. The molecule has 7 heteroatoms. The van der Waals surface area contributed by atoms with E-state index in [0.717, 1.165) is 53.9 Å². The zero-order chi connectivity index (χ0) is 24.4. The average molecular weight is 535 g/mol. The summed E-state index contributed by atoms with van der Waals surface area (Å²) < 4.78 is 3.27. The van der Waals surface area contributed by atoms with Gasteiger partial charge in [0.1, 0.15) is 0 Å². The number of aliphatic hydroxyl groups excluding tert-OH is 1. The maximum atomic E-state index is 12.8. The second-order valence-electron chi connectivity index (χ2n) is 9.20. The van der Waals surface area contributed by atoms with Crippen LogP contribution in [0.2, 0.25) is 0 Å². The van der Waals surface area contributed by atoms with Crippen LogP contribution in [0.5, 0.6) is 0 Å². The molecule has 3 N–H and O–H groups in total. The number of likely N-dealkylation sites (tertiary alicyclic amines) is 1. The fourth-order valence-corrected chi connectivity index (χ4v) is 5.57. The second kappa shape index (κ2) is 10.4. The van der Waals surface area contributed by atoms with Crippen molar-refractivity contribution in [3.05, 3.63) is 70.7 Å². The highest BCUT2D eigenvalue weighted by molar-refractivity contribution is 9.10. The van der Waals surface area contributed by atoms with Gasteiger partial charge in [0.05, 0.1) is 13.2 Å². The third-order valence-electron chi connectivity index (χ3n) is 6.92. The lowest BCUT2D eigenvalue weighted by atomic mass is 10.0. The summed E-state index contributed by atoms with van der Waals surface area (Å²) in [5.74, 6) is 0.0189. The first-order valence-electron chi connectivity index (χ1n) is 12.2. The van der Waals surface area contributed by atoms with Gasteiger partial charge in [-0.15, -0.1) is 0 Å². The number of benzene rings is 3. The molecule has 35 heavy (non-hydrogen) atoms. The van der Waals surface area contributed by atoms with Gasteiger partial charge in [-0.1, -0.05) is 34.1 Å². The van der Waals surface area contributed by atoms with Gasteiger partial charge in [0, 0.05) is 68.9 Å². The van der Waals surface area contributed by atoms with Gasteiger partial charge in [-0.3, -0.25) is 9.69 Å². The third kappa shape index (κ3) is 5.08. The number of aryl methyl sites for hydroxylation is 1. The Morgan fingerprint density at radius 2 is 1.80 bits per heavy atom. The number of piperidine rings is 1. The Bertz CT molecular complexity index is 1360. The van der Waals surface area contributed by atoms with Crippen molar-refractivity contribution in [1.29, 1.82) is 0 Å². The summed E-state index contributed by atoms with van der Waals surface area (Å²) in [5, 5.41) is 18.7. The maximum Gasteiger partial charge on any atom is 0.238 e. The summed E-state index contributed by atoms with van der Waals surface area (Å²) in [4.78, 5) is 15.0. The maximum absolute atomic E-state index is 12.8. The van der Waals surface area contributed by atoms with Crippen molar-refractivity contribution in [3.8, 4) is 0 Å². The number of amides is 1. The van der Waals surface area contributed by atoms with Crippen molar-refractivity contribution in [2.24, 2.45) is 0 Å². The van der Waals surface area contributed by atoms with Crippen LogP contribution in [-0.4, -0.2) is 46.2 Å². The first kappa shape index (κ1) is 23.9. The molecule has 1 amide bonds. The van der Waals surface area contributed by atoms with E-state index in [4.69, 9.17) is 0 Å². The number of carbonyl (C=O) groups excluding carboxylic acids is 1. The monoisotopic (exact) mass is 534 g/mol. The van der Waals surface area contributed by atoms with E-state index in [1.165, 1.54) is 21.8 Å². The number of nitrogens with one attached hydrogen (secondary N) is 2. The molecule has 0 aliphatic carbocycles. The fourth-order valence-electron chi connectivity index (χ4n) is 5.16. The number of nitrogens with zero attached hydrogens (tertiary/aromatic N) is 2. The molecule has 3 aromatic carbocycles. The molecule has 2 heterocycles. The Kier molecular flexibility index (Phi) is 7.09. The lowest BCUT2D eigenvalue weighted by molar-refractivity contribution is -0.117. The van der Waals surface area contributed by atoms with Gasteiger partial charge in [0.15, 0.2) is 0 Å². The first-order valence-corrected chi connectivity index (χ1v) is 13.0. The molecule has 0 saturated carbocycles. The van der Waals surface area contributed by atoms with Crippen LogP contribution in [0.4, 0.5) is 11.4 Å². The smallest absolute Gasteiger partial charge is 0.238 e. The highest BCUT2D eigenvalue weighted by atomic mass is 79.9. The molecule has 1 saturated heterocycles. The molecule has 1 aliphatic rings. The van der Waals surface area contributed by atoms with Crippen LogP contribution in [0.15, 0.2) is 65.1 Å². The number of anilines is 2. The lowest BCUT2D eigenvalue weighted by Gasteiger charge is -2.32. The van der Waals surface area contributed by atoms with E-state index in [9.17, 15) is 9.90 Å². The van der Waals surface area contributed by atoms with Crippen LogP contribution >= 0.6 is 15.9 Å². The van der Waals surface area contributed by atoms with Crippen molar-refractivity contribution < 1.29 is 9.90 Å². The van der Waals surface area contributed by atoms with Crippen molar-refractivity contribution in [2.75, 3.05) is 30.3 Å². The molecule has 1 fully saturated rings. The van der Waals surface area contributed by atoms with Crippen LogP contribution in [0.25, 0.3) is 21.8 Å². The molecular weight excluding hydrogens is 504 g/mol. The summed E-state index contributed by atoms with van der Waals surface area (Å²) in [6, 6.07) is 20.9. The Morgan fingerprint density at radius 1 is 1.03 bits per heavy atom. The number of halogens is 1. The topological polar surface area (TPSA) is 69.5 Å². The van der Waals surface area contributed by atoms with E-state index in [-0.39, 0.29) is 12.5 Å². The van der Waals surface area contributed by atoms with Gasteiger partial charge >= 0.3 is 0 Å². The number of aliphatic hydroxyl groups is 1. The van der Waals surface area contributed by atoms with Crippen molar-refractivity contribution >= 4 is 55.0 Å². The first-order chi connectivity index (χ1) is 17.1. The fraction of sp³-hybridized carbons (Fsp3) is 0.321. The summed E-state index contributed by atoms with van der Waals surface area (Å²) in [6.45, 7) is 5.18. The average Bonchev–Trinajstić information content (AvgIpc) is 3.19. The summed E-state index contributed by atoms with van der Waals surface area (Å²) in [7, 11) is 0. The zero-order valence-corrected chi connectivity index (χ0v) is 21.5. The van der Waals surface area contributed by atoms with Crippen molar-refractivity contribution in [1.82, 2.24) is 9.47 Å². The van der Waals surface area contributed by atoms with Crippen LogP contribution in [0.3, 0.4) is 0 Å². The predicted octanol–water partition coefficient (Wildman–Crippen LogP) is 5.58. The van der Waals surface area contributed by atoms with Crippen LogP contribution < -0.4 is 10.6 Å². The number of carbonyl (C=O) groups is 1. The SMILES string of the molecule is CCn1c2ccccc2c2cc(NC(=O)CN3CCC(Nc4ccc(Br)cc4CO)CC3)ccc21. The number of hydrogen-bond donors (Lipinski definition) is 3. The van der Waals surface area contributed by atoms with E-state index >= 15 is 0 Å². The van der Waals surface area contributed by atoms with E-state index in [2.05, 4.69) is 79.4 Å². The molecular formula is C28H31BrN4O2. The zero-order valence-electron chi connectivity index (χ0n) is 19.9. The Morgan fingerprint density at radius 3 is 2.57 bits per heavy atom. The summed E-state index contributed by atoms with van der Waals surface area (Å²) >= 11 is 3.46. The van der Waals surface area contributed by atoms with E-state index in [1.54, 1.807) is 0 Å². The highest BCUT2D eigenvalue weighted by Crippen LogP contribution is 2.31. The van der Waals surface area contributed by atoms with Crippen molar-refractivity contribution in [3.63, 3.8) is 0 Å². The van der Waals surface area contributed by atoms with Gasteiger partial charge in [-0.05, 0) is 62.2 Å². The summed E-state index contributed by atoms with van der Waals surface area (Å²) in [5.41, 5.74) is 5.12. The normalized spacial score (nSPS) is 15.1. The number of rotatable bonds is 7. The minimum absolute atomic E-state index is 0.00550. The molecule has 0 bridgehead atoms. The molecule has 0 radical (unpaired) electrons. The Hall–Kier alpha value is -2.87. The molecule has 1 aromatic heterocycles. The number of fused-ring (bicyclic) bond motifs is 3. The van der Waals surface area contributed by atoms with Crippen LogP contribution in [-0.2, 0) is 17.9 Å². The predicted molar refractivity (Wildman–Crippen MR) is 147 cm³/mol. The molecule has 0 spiro atoms. The van der Waals surface area contributed by atoms with Crippen molar-refractivity contribution in [2.45, 2.75) is 39.0 Å². The number of hydrogen-bond acceptors (Lipinski definition) is 4. The van der Waals surface area contributed by atoms with Gasteiger partial charge in [0.2, 0.25) is 5.91 Å². The second-order valence-corrected chi connectivity index (χ2v) is 10.1. The molecule has 0 unspecified atom stereocenters. The van der Waals surface area contributed by atoms with E-state index in [0.29, 0.717) is 12.6 Å². The molecule has 0 atom stereocenters. The van der Waals surface area contributed by atoms with Gasteiger partial charge < -0.3 is 20.3 Å². The minimum atomic E-state index is 0.00550. The minimum Gasteiger partial charge on any atom is -0.392 e. The number of aromatic nitrogens is 1. The summed E-state index contributed by atoms with van der Waals surface area (Å²) in [6.07, 6.45) is 1.91. The standard InChI is InChI=1S/C28H31BrN4O2/c1-2-33-26-6-4-3-5-23(26)24-16-22(8-10-27(24)33)31-28(35)17-32-13-11-21(12-14-32)30-25-9-7-20(29)15-19(25)18-34/h3-10,15-16,21,30,34H,2,11-14,17-18H2,1H3,(H,31,35). The van der Waals surface area contributed by atoms with E-state index in [1.807, 2.05) is 24.3 Å². The van der Waals surface area contributed by atoms with Crippen LogP contribution in [0.1, 0.15) is 25.3 Å². The van der Waals surface area contributed by atoms with Gasteiger partial charge in [-0.2, -0.15) is 0 Å². The largest absolute Gasteiger partial charge is 0.392 e. The molecule has 1 aliphatic heterocycles. The highest BCUT2D eigenvalue weighted by Gasteiger charge is 2.21. The third-order valence-corrected chi connectivity index (χ3v) is 7.42. The molecule has 4 aromatic rings. The number of para-hydroxylation sites is 1. The van der Waals surface area contributed by atoms with Crippen LogP contribution in [0, 0.1) is 0 Å². The molecule has 5 rings (SSSR count). The van der Waals surface area contributed by atoms with Gasteiger partial charge in [0.25, 0.3) is 0 Å². The lowest BCUT2D eigenvalue weighted by Crippen LogP contribution is -2.42. The van der Waals surface area contributed by atoms with E-state index < -0.39 is 0 Å². The molecule has 6 nitrogen and oxygen atoms in total. The quantitative estimate of drug-likeness (QED) is 0.289.